The van der Waals surface area contributed by atoms with Crippen molar-refractivity contribution >= 4 is 11.5 Å². The third-order valence-electron chi connectivity index (χ3n) is 3.51. The molecule has 8 nitrogen and oxygen atoms in total. The van der Waals surface area contributed by atoms with Crippen LogP contribution in [0.1, 0.15) is 35.8 Å². The molecule has 2 heterocycles. The Morgan fingerprint density at radius 1 is 1.45 bits per heavy atom. The lowest BCUT2D eigenvalue weighted by Gasteiger charge is -2.07. The molecule has 2 aromatic heterocycles. The standard InChI is InChI=1S/C14H15N5O3/c1-8-4-12(16-7-11(8)19(21)22)15-6-10-5-13(20)18-14(17-10)9-2-3-9/h4-5,7,9H,2-3,6H2,1H3,(H,15,16)(H,17,18,20). The number of nitrogens with zero attached hydrogens (tertiary/aromatic N) is 3. The highest BCUT2D eigenvalue weighted by atomic mass is 16.6. The average Bonchev–Trinajstić information content (AvgIpc) is 3.29. The number of pyridine rings is 1. The van der Waals surface area contributed by atoms with Gasteiger partial charge in [-0.05, 0) is 25.8 Å². The first-order valence-electron chi connectivity index (χ1n) is 6.98. The fourth-order valence-electron chi connectivity index (χ4n) is 2.19. The summed E-state index contributed by atoms with van der Waals surface area (Å²) in [7, 11) is 0. The van der Waals surface area contributed by atoms with E-state index in [1.807, 2.05) is 0 Å². The predicted molar refractivity (Wildman–Crippen MR) is 79.8 cm³/mol. The molecule has 22 heavy (non-hydrogen) atoms. The molecule has 0 unspecified atom stereocenters. The van der Waals surface area contributed by atoms with Crippen LogP contribution in [0.4, 0.5) is 11.5 Å². The Hall–Kier alpha value is -2.77. The summed E-state index contributed by atoms with van der Waals surface area (Å²) >= 11 is 0. The van der Waals surface area contributed by atoms with Crippen LogP contribution in [0.5, 0.6) is 0 Å². The van der Waals surface area contributed by atoms with E-state index in [1.165, 1.54) is 12.3 Å². The van der Waals surface area contributed by atoms with E-state index in [2.05, 4.69) is 20.3 Å². The van der Waals surface area contributed by atoms with Gasteiger partial charge in [0.25, 0.3) is 11.2 Å². The van der Waals surface area contributed by atoms with Gasteiger partial charge in [-0.3, -0.25) is 14.9 Å². The first-order valence-corrected chi connectivity index (χ1v) is 6.98. The molecule has 3 rings (SSSR count). The van der Waals surface area contributed by atoms with Gasteiger partial charge in [0.1, 0.15) is 17.8 Å². The first-order chi connectivity index (χ1) is 10.5. The smallest absolute Gasteiger partial charge is 0.290 e. The van der Waals surface area contributed by atoms with Gasteiger partial charge in [0.05, 0.1) is 17.2 Å². The van der Waals surface area contributed by atoms with Gasteiger partial charge >= 0.3 is 0 Å². The second-order valence-electron chi connectivity index (χ2n) is 5.36. The molecule has 0 aliphatic heterocycles. The zero-order valence-corrected chi connectivity index (χ0v) is 12.0. The number of hydrogen-bond donors (Lipinski definition) is 2. The number of aryl methyl sites for hydroxylation is 1. The maximum atomic E-state index is 11.6. The molecule has 2 aromatic rings. The van der Waals surface area contributed by atoms with Crippen molar-refractivity contribution in [2.24, 2.45) is 0 Å². The Kier molecular flexibility index (Phi) is 3.58. The van der Waals surface area contributed by atoms with Crippen molar-refractivity contribution in [2.45, 2.75) is 32.2 Å². The minimum atomic E-state index is -0.466. The highest BCUT2D eigenvalue weighted by Gasteiger charge is 2.26. The van der Waals surface area contributed by atoms with E-state index in [0.29, 0.717) is 29.5 Å². The molecular weight excluding hydrogens is 286 g/mol. The van der Waals surface area contributed by atoms with Gasteiger partial charge in [0.2, 0.25) is 0 Å². The Morgan fingerprint density at radius 3 is 2.86 bits per heavy atom. The summed E-state index contributed by atoms with van der Waals surface area (Å²) in [5.41, 5.74) is 0.973. The number of nitrogens with one attached hydrogen (secondary N) is 2. The van der Waals surface area contributed by atoms with Crippen LogP contribution in [0.3, 0.4) is 0 Å². The van der Waals surface area contributed by atoms with Crippen LogP contribution in [-0.4, -0.2) is 19.9 Å². The molecule has 1 aliphatic carbocycles. The Labute approximate surface area is 125 Å². The van der Waals surface area contributed by atoms with Gasteiger partial charge in [0.15, 0.2) is 0 Å². The third-order valence-corrected chi connectivity index (χ3v) is 3.51. The molecule has 0 amide bonds. The molecule has 0 aromatic carbocycles. The van der Waals surface area contributed by atoms with Crippen LogP contribution >= 0.6 is 0 Å². The van der Waals surface area contributed by atoms with Crippen molar-refractivity contribution in [2.75, 3.05) is 5.32 Å². The van der Waals surface area contributed by atoms with Crippen LogP contribution in [0, 0.1) is 17.0 Å². The average molecular weight is 301 g/mol. The largest absolute Gasteiger partial charge is 0.364 e. The van der Waals surface area contributed by atoms with Crippen LogP contribution < -0.4 is 10.9 Å². The SMILES string of the molecule is Cc1cc(NCc2cc(=O)[nH]c(C3CC3)n2)ncc1[N+](=O)[O-]. The number of rotatable bonds is 5. The molecule has 1 aliphatic rings. The topological polar surface area (TPSA) is 114 Å². The maximum absolute atomic E-state index is 11.6. The summed E-state index contributed by atoms with van der Waals surface area (Å²) in [4.78, 5) is 33.1. The lowest BCUT2D eigenvalue weighted by atomic mass is 10.2. The number of aromatic nitrogens is 3. The molecule has 1 fully saturated rings. The van der Waals surface area contributed by atoms with Gasteiger partial charge in [-0.1, -0.05) is 0 Å². The first kappa shape index (κ1) is 14.2. The lowest BCUT2D eigenvalue weighted by Crippen LogP contribution is -2.14. The van der Waals surface area contributed by atoms with Crippen molar-refractivity contribution in [1.29, 1.82) is 0 Å². The zero-order valence-electron chi connectivity index (χ0n) is 12.0. The van der Waals surface area contributed by atoms with E-state index in [0.717, 1.165) is 18.7 Å². The van der Waals surface area contributed by atoms with Gasteiger partial charge < -0.3 is 10.3 Å². The molecule has 0 bridgehead atoms. The van der Waals surface area contributed by atoms with E-state index >= 15 is 0 Å². The predicted octanol–water partition coefficient (Wildman–Crippen LogP) is 1.87. The van der Waals surface area contributed by atoms with E-state index in [4.69, 9.17) is 0 Å². The molecule has 8 heteroatoms. The van der Waals surface area contributed by atoms with Crippen LogP contribution in [0.25, 0.3) is 0 Å². The van der Waals surface area contributed by atoms with E-state index in [-0.39, 0.29) is 11.2 Å². The van der Waals surface area contributed by atoms with Crippen molar-refractivity contribution in [3.8, 4) is 0 Å². The number of aromatic amines is 1. The molecule has 0 atom stereocenters. The van der Waals surface area contributed by atoms with Crippen molar-refractivity contribution < 1.29 is 4.92 Å². The normalized spacial score (nSPS) is 13.9. The molecule has 114 valence electrons. The Morgan fingerprint density at radius 2 is 2.23 bits per heavy atom. The van der Waals surface area contributed by atoms with Crippen molar-refractivity contribution in [3.63, 3.8) is 0 Å². The number of nitro groups is 1. The maximum Gasteiger partial charge on any atom is 0.290 e. The monoisotopic (exact) mass is 301 g/mol. The summed E-state index contributed by atoms with van der Waals surface area (Å²) in [6.45, 7) is 2.00. The summed E-state index contributed by atoms with van der Waals surface area (Å²) in [5, 5.41) is 13.8. The molecule has 2 N–H and O–H groups in total. The van der Waals surface area contributed by atoms with E-state index in [9.17, 15) is 14.9 Å². The molecular formula is C14H15N5O3. The summed E-state index contributed by atoms with van der Waals surface area (Å²) in [6.07, 6.45) is 3.34. The summed E-state index contributed by atoms with van der Waals surface area (Å²) in [5.74, 6) is 1.61. The summed E-state index contributed by atoms with van der Waals surface area (Å²) < 4.78 is 0. The highest BCUT2D eigenvalue weighted by molar-refractivity contribution is 5.46. The van der Waals surface area contributed by atoms with E-state index < -0.39 is 4.92 Å². The minimum Gasteiger partial charge on any atom is -0.364 e. The Balaban J connectivity index is 1.73. The number of hydrogen-bond acceptors (Lipinski definition) is 6. The van der Waals surface area contributed by atoms with Gasteiger partial charge in [-0.2, -0.15) is 0 Å². The molecule has 0 saturated heterocycles. The van der Waals surface area contributed by atoms with Crippen LogP contribution in [0.15, 0.2) is 23.1 Å². The fraction of sp³-hybridized carbons (Fsp3) is 0.357. The van der Waals surface area contributed by atoms with Gasteiger partial charge in [-0.25, -0.2) is 9.97 Å². The lowest BCUT2D eigenvalue weighted by molar-refractivity contribution is -0.385. The third kappa shape index (κ3) is 3.11. The van der Waals surface area contributed by atoms with Gasteiger partial charge in [0, 0.05) is 17.5 Å². The number of anilines is 1. The zero-order chi connectivity index (χ0) is 15.7. The summed E-state index contributed by atoms with van der Waals surface area (Å²) in [6, 6.07) is 3.05. The fourth-order valence-corrected chi connectivity index (χ4v) is 2.19. The second kappa shape index (κ2) is 5.55. The van der Waals surface area contributed by atoms with E-state index in [1.54, 1.807) is 13.0 Å². The quantitative estimate of drug-likeness (QED) is 0.643. The highest BCUT2D eigenvalue weighted by Crippen LogP contribution is 2.37. The van der Waals surface area contributed by atoms with Crippen LogP contribution in [-0.2, 0) is 6.54 Å². The molecule has 0 spiro atoms. The van der Waals surface area contributed by atoms with Crippen molar-refractivity contribution in [1.82, 2.24) is 15.0 Å². The molecule has 1 saturated carbocycles. The second-order valence-corrected chi connectivity index (χ2v) is 5.36. The Bertz CT molecular complexity index is 782. The number of H-pyrrole nitrogens is 1. The van der Waals surface area contributed by atoms with Gasteiger partial charge in [-0.15, -0.1) is 0 Å². The van der Waals surface area contributed by atoms with Crippen molar-refractivity contribution in [3.05, 3.63) is 55.9 Å². The molecule has 0 radical (unpaired) electrons. The van der Waals surface area contributed by atoms with Crippen LogP contribution in [0.2, 0.25) is 0 Å². The minimum absolute atomic E-state index is 0.0177.